The van der Waals surface area contributed by atoms with E-state index in [0.29, 0.717) is 6.04 Å². The molecule has 3 rings (SSSR count). The van der Waals surface area contributed by atoms with Crippen LogP contribution in [0, 0.1) is 0 Å². The molecular weight excluding hydrogens is 248 g/mol. The molecule has 1 aliphatic rings. The summed E-state index contributed by atoms with van der Waals surface area (Å²) in [7, 11) is 1.73. The van der Waals surface area contributed by atoms with Crippen LogP contribution < -0.4 is 15.0 Å². The quantitative estimate of drug-likeness (QED) is 0.926. The fourth-order valence-corrected chi connectivity index (χ4v) is 2.79. The Bertz CT molecular complexity index is 556. The van der Waals surface area contributed by atoms with Gasteiger partial charge in [-0.1, -0.05) is 36.4 Å². The third-order valence-corrected chi connectivity index (χ3v) is 3.81. The van der Waals surface area contributed by atoms with E-state index >= 15 is 0 Å². The molecule has 1 aliphatic heterocycles. The average molecular weight is 268 g/mol. The SMILES string of the molecule is COc1ccccc1C1CN(c2ccccc2)CCN1. The topological polar surface area (TPSA) is 24.5 Å². The van der Waals surface area contributed by atoms with Crippen molar-refractivity contribution in [3.63, 3.8) is 0 Å². The molecule has 0 bridgehead atoms. The molecule has 1 fully saturated rings. The number of anilines is 1. The second-order valence-electron chi connectivity index (χ2n) is 5.03. The normalized spacial score (nSPS) is 18.9. The van der Waals surface area contributed by atoms with Crippen LogP contribution in [0.25, 0.3) is 0 Å². The van der Waals surface area contributed by atoms with E-state index in [1.165, 1.54) is 11.3 Å². The minimum atomic E-state index is 0.306. The predicted octanol–water partition coefficient (Wildman–Crippen LogP) is 2.85. The first-order valence-electron chi connectivity index (χ1n) is 7.05. The monoisotopic (exact) mass is 268 g/mol. The Morgan fingerprint density at radius 2 is 1.80 bits per heavy atom. The van der Waals surface area contributed by atoms with Crippen LogP contribution in [0.1, 0.15) is 11.6 Å². The lowest BCUT2D eigenvalue weighted by Crippen LogP contribution is -2.45. The Morgan fingerprint density at radius 1 is 1.05 bits per heavy atom. The molecule has 1 heterocycles. The molecule has 0 aliphatic carbocycles. The summed E-state index contributed by atoms with van der Waals surface area (Å²) in [5.74, 6) is 0.958. The van der Waals surface area contributed by atoms with Crippen LogP contribution >= 0.6 is 0 Å². The molecule has 0 aromatic heterocycles. The van der Waals surface area contributed by atoms with Crippen molar-refractivity contribution in [2.75, 3.05) is 31.6 Å². The van der Waals surface area contributed by atoms with Gasteiger partial charge in [0.05, 0.1) is 13.2 Å². The van der Waals surface area contributed by atoms with E-state index in [9.17, 15) is 0 Å². The van der Waals surface area contributed by atoms with Gasteiger partial charge in [0.25, 0.3) is 0 Å². The molecule has 0 radical (unpaired) electrons. The fourth-order valence-electron chi connectivity index (χ4n) is 2.79. The molecule has 2 aromatic rings. The van der Waals surface area contributed by atoms with Gasteiger partial charge in [-0.2, -0.15) is 0 Å². The van der Waals surface area contributed by atoms with Crippen LogP contribution in [-0.4, -0.2) is 26.7 Å². The number of para-hydroxylation sites is 2. The highest BCUT2D eigenvalue weighted by Gasteiger charge is 2.23. The zero-order valence-corrected chi connectivity index (χ0v) is 11.8. The lowest BCUT2D eigenvalue weighted by atomic mass is 10.0. The van der Waals surface area contributed by atoms with Gasteiger partial charge in [0, 0.05) is 30.9 Å². The number of piperazine rings is 1. The Kier molecular flexibility index (Phi) is 3.88. The van der Waals surface area contributed by atoms with E-state index in [-0.39, 0.29) is 0 Å². The van der Waals surface area contributed by atoms with Crippen molar-refractivity contribution in [1.29, 1.82) is 0 Å². The molecule has 3 nitrogen and oxygen atoms in total. The van der Waals surface area contributed by atoms with Gasteiger partial charge in [-0.3, -0.25) is 0 Å². The molecule has 0 amide bonds. The van der Waals surface area contributed by atoms with Crippen LogP contribution in [0.2, 0.25) is 0 Å². The molecule has 1 unspecified atom stereocenters. The van der Waals surface area contributed by atoms with Crippen LogP contribution in [-0.2, 0) is 0 Å². The van der Waals surface area contributed by atoms with Gasteiger partial charge < -0.3 is 15.0 Å². The van der Waals surface area contributed by atoms with E-state index in [1.807, 2.05) is 12.1 Å². The summed E-state index contributed by atoms with van der Waals surface area (Å²) in [6.45, 7) is 2.98. The molecule has 0 spiro atoms. The van der Waals surface area contributed by atoms with E-state index in [2.05, 4.69) is 52.7 Å². The molecular formula is C17H20N2O. The first-order chi connectivity index (χ1) is 9.88. The summed E-state index contributed by atoms with van der Waals surface area (Å²) >= 11 is 0. The smallest absolute Gasteiger partial charge is 0.123 e. The first kappa shape index (κ1) is 13.0. The fraction of sp³-hybridized carbons (Fsp3) is 0.294. The molecule has 20 heavy (non-hydrogen) atoms. The Hall–Kier alpha value is -2.00. The Labute approximate surface area is 120 Å². The summed E-state index contributed by atoms with van der Waals surface area (Å²) < 4.78 is 5.48. The molecule has 1 atom stereocenters. The van der Waals surface area contributed by atoms with Crippen molar-refractivity contribution in [2.24, 2.45) is 0 Å². The second kappa shape index (κ2) is 5.97. The highest BCUT2D eigenvalue weighted by molar-refractivity contribution is 5.48. The minimum absolute atomic E-state index is 0.306. The zero-order chi connectivity index (χ0) is 13.8. The van der Waals surface area contributed by atoms with Gasteiger partial charge in [0.2, 0.25) is 0 Å². The molecule has 104 valence electrons. The van der Waals surface area contributed by atoms with Crippen LogP contribution in [0.4, 0.5) is 5.69 Å². The summed E-state index contributed by atoms with van der Waals surface area (Å²) in [5.41, 5.74) is 2.52. The van der Waals surface area contributed by atoms with Gasteiger partial charge in [0.1, 0.15) is 5.75 Å². The van der Waals surface area contributed by atoms with Crippen LogP contribution in [0.15, 0.2) is 54.6 Å². The third-order valence-electron chi connectivity index (χ3n) is 3.81. The summed E-state index contributed by atoms with van der Waals surface area (Å²) in [4.78, 5) is 2.42. The summed E-state index contributed by atoms with van der Waals surface area (Å²) in [5, 5.41) is 3.59. The molecule has 1 N–H and O–H groups in total. The summed E-state index contributed by atoms with van der Waals surface area (Å²) in [6, 6.07) is 19.1. The number of methoxy groups -OCH3 is 1. The number of ether oxygens (including phenoxy) is 1. The van der Waals surface area contributed by atoms with Crippen molar-refractivity contribution in [2.45, 2.75) is 6.04 Å². The highest BCUT2D eigenvalue weighted by Crippen LogP contribution is 2.28. The third kappa shape index (κ3) is 2.63. The first-order valence-corrected chi connectivity index (χ1v) is 7.05. The van der Waals surface area contributed by atoms with E-state index < -0.39 is 0 Å². The molecule has 3 heteroatoms. The zero-order valence-electron chi connectivity index (χ0n) is 11.8. The lowest BCUT2D eigenvalue weighted by molar-refractivity contribution is 0.392. The Balaban J connectivity index is 1.82. The Morgan fingerprint density at radius 3 is 2.60 bits per heavy atom. The van der Waals surface area contributed by atoms with Crippen LogP contribution in [0.3, 0.4) is 0 Å². The average Bonchev–Trinajstić information content (AvgIpc) is 2.56. The van der Waals surface area contributed by atoms with E-state index in [4.69, 9.17) is 4.74 Å². The molecule has 1 saturated heterocycles. The van der Waals surface area contributed by atoms with Crippen molar-refractivity contribution >= 4 is 5.69 Å². The van der Waals surface area contributed by atoms with Gasteiger partial charge in [-0.25, -0.2) is 0 Å². The largest absolute Gasteiger partial charge is 0.496 e. The van der Waals surface area contributed by atoms with Gasteiger partial charge in [-0.15, -0.1) is 0 Å². The number of benzene rings is 2. The number of nitrogens with one attached hydrogen (secondary N) is 1. The van der Waals surface area contributed by atoms with Crippen molar-refractivity contribution in [1.82, 2.24) is 5.32 Å². The maximum atomic E-state index is 5.48. The maximum absolute atomic E-state index is 5.48. The predicted molar refractivity (Wildman–Crippen MR) is 82.4 cm³/mol. The lowest BCUT2D eigenvalue weighted by Gasteiger charge is -2.36. The van der Waals surface area contributed by atoms with Gasteiger partial charge in [-0.05, 0) is 18.2 Å². The minimum Gasteiger partial charge on any atom is -0.496 e. The van der Waals surface area contributed by atoms with E-state index in [0.717, 1.165) is 25.4 Å². The number of nitrogens with zero attached hydrogens (tertiary/aromatic N) is 1. The van der Waals surface area contributed by atoms with Crippen molar-refractivity contribution in [3.8, 4) is 5.75 Å². The maximum Gasteiger partial charge on any atom is 0.123 e. The molecule has 2 aromatic carbocycles. The number of rotatable bonds is 3. The number of hydrogen-bond donors (Lipinski definition) is 1. The second-order valence-corrected chi connectivity index (χ2v) is 5.03. The van der Waals surface area contributed by atoms with Crippen molar-refractivity contribution in [3.05, 3.63) is 60.2 Å². The standard InChI is InChI=1S/C17H20N2O/c1-20-17-10-6-5-9-15(17)16-13-19(12-11-18-16)14-7-3-2-4-8-14/h2-10,16,18H,11-13H2,1H3. The number of hydrogen-bond acceptors (Lipinski definition) is 3. The highest BCUT2D eigenvalue weighted by atomic mass is 16.5. The van der Waals surface area contributed by atoms with Gasteiger partial charge >= 0.3 is 0 Å². The van der Waals surface area contributed by atoms with Crippen LogP contribution in [0.5, 0.6) is 5.75 Å². The summed E-state index contributed by atoms with van der Waals surface area (Å²) in [6.07, 6.45) is 0. The van der Waals surface area contributed by atoms with E-state index in [1.54, 1.807) is 7.11 Å². The van der Waals surface area contributed by atoms with Gasteiger partial charge in [0.15, 0.2) is 0 Å². The molecule has 0 saturated carbocycles. The van der Waals surface area contributed by atoms with Crippen molar-refractivity contribution < 1.29 is 4.74 Å².